The Hall–Kier alpha value is -2.15. The zero-order valence-corrected chi connectivity index (χ0v) is 10.9. The lowest BCUT2D eigenvalue weighted by Crippen LogP contribution is -2.25. The van der Waals surface area contributed by atoms with Crippen molar-refractivity contribution in [3.05, 3.63) is 47.4 Å². The van der Waals surface area contributed by atoms with E-state index in [0.29, 0.717) is 18.2 Å². The van der Waals surface area contributed by atoms with Crippen LogP contribution in [-0.2, 0) is 19.1 Å². The molecule has 1 N–H and O–H groups in total. The van der Waals surface area contributed by atoms with Crippen molar-refractivity contribution in [3.8, 4) is 11.6 Å². The number of rotatable bonds is 2. The van der Waals surface area contributed by atoms with Gasteiger partial charge in [-0.1, -0.05) is 0 Å². The standard InChI is InChI=1S/C14H12F3N3O/c15-14(16,17)9-1-3-10(4-2-9)21-13-11-7-18-6-5-12(11)19-8-20-13/h1-4,8,18H,5-7H2. The van der Waals surface area contributed by atoms with E-state index in [9.17, 15) is 13.2 Å². The van der Waals surface area contributed by atoms with Gasteiger partial charge < -0.3 is 10.1 Å². The van der Waals surface area contributed by atoms with Gasteiger partial charge in [0.1, 0.15) is 12.1 Å². The number of hydrogen-bond acceptors (Lipinski definition) is 4. The lowest BCUT2D eigenvalue weighted by molar-refractivity contribution is -0.137. The minimum absolute atomic E-state index is 0.314. The Kier molecular flexibility index (Phi) is 3.50. The SMILES string of the molecule is FC(F)(F)c1ccc(Oc2ncnc3c2CNCC3)cc1. The molecular formula is C14H12F3N3O. The van der Waals surface area contributed by atoms with Crippen LogP contribution in [0.1, 0.15) is 16.8 Å². The maximum Gasteiger partial charge on any atom is 0.416 e. The van der Waals surface area contributed by atoms with Crippen molar-refractivity contribution in [1.29, 1.82) is 0 Å². The van der Waals surface area contributed by atoms with Crippen LogP contribution in [0.5, 0.6) is 11.6 Å². The average Bonchev–Trinajstić information content (AvgIpc) is 2.47. The lowest BCUT2D eigenvalue weighted by atomic mass is 10.1. The third-order valence-electron chi connectivity index (χ3n) is 3.23. The number of aromatic nitrogens is 2. The van der Waals surface area contributed by atoms with Crippen molar-refractivity contribution >= 4 is 0 Å². The Morgan fingerprint density at radius 1 is 1.10 bits per heavy atom. The molecule has 0 amide bonds. The van der Waals surface area contributed by atoms with E-state index in [4.69, 9.17) is 4.74 Å². The number of hydrogen-bond donors (Lipinski definition) is 1. The predicted molar refractivity (Wildman–Crippen MR) is 69.0 cm³/mol. The summed E-state index contributed by atoms with van der Waals surface area (Å²) >= 11 is 0. The minimum atomic E-state index is -4.35. The molecule has 110 valence electrons. The third-order valence-corrected chi connectivity index (χ3v) is 3.23. The summed E-state index contributed by atoms with van der Waals surface area (Å²) in [4.78, 5) is 8.25. The van der Waals surface area contributed by atoms with Crippen LogP contribution < -0.4 is 10.1 Å². The molecule has 1 aliphatic rings. The molecule has 1 aromatic heterocycles. The molecule has 0 aliphatic carbocycles. The summed E-state index contributed by atoms with van der Waals surface area (Å²) in [5.74, 6) is 0.696. The maximum atomic E-state index is 12.5. The fourth-order valence-electron chi connectivity index (χ4n) is 2.16. The maximum absolute atomic E-state index is 12.5. The Labute approximate surface area is 119 Å². The highest BCUT2D eigenvalue weighted by Gasteiger charge is 2.30. The summed E-state index contributed by atoms with van der Waals surface area (Å²) in [6.07, 6.45) is -2.17. The monoisotopic (exact) mass is 295 g/mol. The number of nitrogens with one attached hydrogen (secondary N) is 1. The van der Waals surface area contributed by atoms with E-state index < -0.39 is 11.7 Å². The topological polar surface area (TPSA) is 47.0 Å². The third kappa shape index (κ3) is 2.97. The molecule has 2 aromatic rings. The van der Waals surface area contributed by atoms with Crippen LogP contribution in [0.3, 0.4) is 0 Å². The van der Waals surface area contributed by atoms with Gasteiger partial charge in [-0.15, -0.1) is 0 Å². The Morgan fingerprint density at radius 2 is 1.86 bits per heavy atom. The van der Waals surface area contributed by atoms with E-state index in [0.717, 1.165) is 36.4 Å². The van der Waals surface area contributed by atoms with E-state index in [1.54, 1.807) is 0 Å². The number of halogens is 3. The van der Waals surface area contributed by atoms with Crippen molar-refractivity contribution in [2.75, 3.05) is 6.54 Å². The number of fused-ring (bicyclic) bond motifs is 1. The summed E-state index contributed by atoms with van der Waals surface area (Å²) in [6.45, 7) is 1.43. The van der Waals surface area contributed by atoms with Crippen LogP contribution in [0.25, 0.3) is 0 Å². The van der Waals surface area contributed by atoms with E-state index in [-0.39, 0.29) is 0 Å². The normalized spacial score (nSPS) is 14.6. The average molecular weight is 295 g/mol. The van der Waals surface area contributed by atoms with Crippen LogP contribution in [0, 0.1) is 0 Å². The first-order chi connectivity index (χ1) is 10.0. The Balaban J connectivity index is 1.84. The van der Waals surface area contributed by atoms with E-state index in [2.05, 4.69) is 15.3 Å². The highest BCUT2D eigenvalue weighted by atomic mass is 19.4. The molecule has 4 nitrogen and oxygen atoms in total. The fraction of sp³-hybridized carbons (Fsp3) is 0.286. The van der Waals surface area contributed by atoms with Gasteiger partial charge in [-0.3, -0.25) is 0 Å². The second-order valence-electron chi connectivity index (χ2n) is 4.66. The smallest absolute Gasteiger partial charge is 0.416 e. The number of nitrogens with zero attached hydrogens (tertiary/aromatic N) is 2. The van der Waals surface area contributed by atoms with Crippen molar-refractivity contribution in [2.45, 2.75) is 19.1 Å². The van der Waals surface area contributed by atoms with Gasteiger partial charge in [-0.05, 0) is 24.3 Å². The first kappa shape index (κ1) is 13.8. The zero-order valence-electron chi connectivity index (χ0n) is 10.9. The molecule has 0 unspecified atom stereocenters. The van der Waals surface area contributed by atoms with Crippen molar-refractivity contribution in [3.63, 3.8) is 0 Å². The van der Waals surface area contributed by atoms with Crippen molar-refractivity contribution in [2.24, 2.45) is 0 Å². The molecule has 0 saturated carbocycles. The highest BCUT2D eigenvalue weighted by Crippen LogP contribution is 2.32. The molecule has 2 heterocycles. The van der Waals surface area contributed by atoms with Gasteiger partial charge in [-0.25, -0.2) is 9.97 Å². The number of ether oxygens (including phenoxy) is 1. The summed E-state index contributed by atoms with van der Waals surface area (Å²) in [6, 6.07) is 4.55. The van der Waals surface area contributed by atoms with Crippen LogP contribution >= 0.6 is 0 Å². The second kappa shape index (κ2) is 5.33. The van der Waals surface area contributed by atoms with E-state index in [1.807, 2.05) is 0 Å². The Morgan fingerprint density at radius 3 is 2.57 bits per heavy atom. The molecule has 0 fully saturated rings. The summed E-state index contributed by atoms with van der Waals surface area (Å²) in [5.41, 5.74) is 1.05. The minimum Gasteiger partial charge on any atom is -0.439 e. The van der Waals surface area contributed by atoms with Gasteiger partial charge in [0.15, 0.2) is 0 Å². The van der Waals surface area contributed by atoms with Gasteiger partial charge in [0.2, 0.25) is 5.88 Å². The summed E-state index contributed by atoms with van der Waals surface area (Å²) < 4.78 is 43.1. The van der Waals surface area contributed by atoms with Crippen molar-refractivity contribution in [1.82, 2.24) is 15.3 Å². The molecule has 21 heavy (non-hydrogen) atoms. The summed E-state index contributed by atoms with van der Waals surface area (Å²) in [5, 5.41) is 3.19. The van der Waals surface area contributed by atoms with E-state index in [1.165, 1.54) is 18.5 Å². The molecule has 0 bridgehead atoms. The molecule has 0 spiro atoms. The molecule has 7 heteroatoms. The number of alkyl halides is 3. The lowest BCUT2D eigenvalue weighted by Gasteiger charge is -2.18. The molecule has 0 atom stereocenters. The highest BCUT2D eigenvalue weighted by molar-refractivity contribution is 5.37. The van der Waals surface area contributed by atoms with Crippen LogP contribution in [0.15, 0.2) is 30.6 Å². The first-order valence-corrected chi connectivity index (χ1v) is 6.42. The zero-order chi connectivity index (χ0) is 14.9. The van der Waals surface area contributed by atoms with Gasteiger partial charge >= 0.3 is 6.18 Å². The van der Waals surface area contributed by atoms with Crippen LogP contribution in [-0.4, -0.2) is 16.5 Å². The first-order valence-electron chi connectivity index (χ1n) is 6.42. The second-order valence-corrected chi connectivity index (χ2v) is 4.66. The Bertz CT molecular complexity index is 641. The van der Waals surface area contributed by atoms with Crippen LogP contribution in [0.2, 0.25) is 0 Å². The summed E-state index contributed by atoms with van der Waals surface area (Å²) in [7, 11) is 0. The molecule has 0 saturated heterocycles. The van der Waals surface area contributed by atoms with E-state index >= 15 is 0 Å². The van der Waals surface area contributed by atoms with Gasteiger partial charge in [0.25, 0.3) is 0 Å². The fourth-order valence-corrected chi connectivity index (χ4v) is 2.16. The molecule has 1 aromatic carbocycles. The molecular weight excluding hydrogens is 283 g/mol. The van der Waals surface area contributed by atoms with Crippen molar-refractivity contribution < 1.29 is 17.9 Å². The largest absolute Gasteiger partial charge is 0.439 e. The van der Waals surface area contributed by atoms with Gasteiger partial charge in [0, 0.05) is 19.5 Å². The molecule has 0 radical (unpaired) electrons. The number of benzene rings is 1. The predicted octanol–water partition coefficient (Wildman–Crippen LogP) is 2.93. The van der Waals surface area contributed by atoms with Gasteiger partial charge in [0.05, 0.1) is 16.8 Å². The quantitative estimate of drug-likeness (QED) is 0.925. The molecule has 1 aliphatic heterocycles. The van der Waals surface area contributed by atoms with Crippen LogP contribution in [0.4, 0.5) is 13.2 Å². The molecule has 3 rings (SSSR count). The van der Waals surface area contributed by atoms with Gasteiger partial charge in [-0.2, -0.15) is 13.2 Å².